The molecule has 1 aromatic rings. The van der Waals surface area contributed by atoms with Gasteiger partial charge in [-0.3, -0.25) is 9.59 Å². The molecule has 0 bridgehead atoms. The number of nitrogens with one attached hydrogen (secondary N) is 1. The van der Waals surface area contributed by atoms with Crippen molar-refractivity contribution in [2.24, 2.45) is 5.92 Å². The molecule has 0 heterocycles. The van der Waals surface area contributed by atoms with E-state index in [4.69, 9.17) is 0 Å². The molecule has 1 aromatic carbocycles. The Morgan fingerprint density at radius 2 is 1.86 bits per heavy atom. The first-order chi connectivity index (χ1) is 10.2. The van der Waals surface area contributed by atoms with Crippen molar-refractivity contribution in [3.05, 3.63) is 35.9 Å². The number of hydrogen-bond donors (Lipinski definition) is 2. The van der Waals surface area contributed by atoms with E-state index >= 15 is 0 Å². The molecular formula is C14H16F3NO4. The van der Waals surface area contributed by atoms with Gasteiger partial charge in [0.25, 0.3) is 5.91 Å². The Labute approximate surface area is 125 Å². The maximum absolute atomic E-state index is 12.0. The molecule has 0 saturated heterocycles. The molecule has 0 unspecified atom stereocenters. The van der Waals surface area contributed by atoms with Crippen LogP contribution in [0.25, 0.3) is 0 Å². The van der Waals surface area contributed by atoms with Crippen LogP contribution in [-0.2, 0) is 9.53 Å². The van der Waals surface area contributed by atoms with E-state index in [2.05, 4.69) is 10.1 Å². The van der Waals surface area contributed by atoms with Crippen LogP contribution in [0.1, 0.15) is 17.3 Å². The van der Waals surface area contributed by atoms with Crippen LogP contribution in [-0.4, -0.2) is 42.4 Å². The van der Waals surface area contributed by atoms with Gasteiger partial charge in [0.15, 0.2) is 6.61 Å². The van der Waals surface area contributed by atoms with Crippen molar-refractivity contribution in [3.8, 4) is 0 Å². The van der Waals surface area contributed by atoms with Crippen LogP contribution in [0.5, 0.6) is 0 Å². The van der Waals surface area contributed by atoms with Crippen LogP contribution >= 0.6 is 0 Å². The van der Waals surface area contributed by atoms with Crippen LogP contribution in [0.15, 0.2) is 30.3 Å². The third-order valence-electron chi connectivity index (χ3n) is 2.78. The highest BCUT2D eigenvalue weighted by molar-refractivity contribution is 5.94. The minimum Gasteiger partial charge on any atom is -0.456 e. The summed E-state index contributed by atoms with van der Waals surface area (Å²) < 4.78 is 40.1. The molecule has 0 radical (unpaired) electrons. The van der Waals surface area contributed by atoms with E-state index < -0.39 is 36.7 Å². The van der Waals surface area contributed by atoms with Gasteiger partial charge in [-0.1, -0.05) is 18.2 Å². The fourth-order valence-corrected chi connectivity index (χ4v) is 1.61. The summed E-state index contributed by atoms with van der Waals surface area (Å²) in [5.74, 6) is -3.01. The zero-order valence-electron chi connectivity index (χ0n) is 11.8. The number of amides is 1. The molecule has 0 aliphatic rings. The number of carbonyl (C=O) groups excluding carboxylic acids is 2. The SMILES string of the molecule is C[C@H](O)[C@@H](CNC(=O)c1ccccc1)C(=O)OCC(F)(F)F. The second-order valence-electron chi connectivity index (χ2n) is 4.65. The molecule has 2 atom stereocenters. The normalized spacial score (nSPS) is 14.0. The smallest absolute Gasteiger partial charge is 0.422 e. The van der Waals surface area contributed by atoms with E-state index in [0.29, 0.717) is 5.56 Å². The van der Waals surface area contributed by atoms with Gasteiger partial charge in [-0.05, 0) is 19.1 Å². The molecule has 0 aliphatic carbocycles. The van der Waals surface area contributed by atoms with E-state index in [-0.39, 0.29) is 6.54 Å². The van der Waals surface area contributed by atoms with E-state index in [1.807, 2.05) is 0 Å². The quantitative estimate of drug-likeness (QED) is 0.780. The number of ether oxygens (including phenoxy) is 1. The Kier molecular flexibility index (Phi) is 6.36. The third kappa shape index (κ3) is 6.13. The van der Waals surface area contributed by atoms with Gasteiger partial charge in [0.1, 0.15) is 0 Å². The van der Waals surface area contributed by atoms with Gasteiger partial charge < -0.3 is 15.2 Å². The van der Waals surface area contributed by atoms with Crippen molar-refractivity contribution in [3.63, 3.8) is 0 Å². The third-order valence-corrected chi connectivity index (χ3v) is 2.78. The Balaban J connectivity index is 2.57. The maximum atomic E-state index is 12.0. The number of benzene rings is 1. The summed E-state index contributed by atoms with van der Waals surface area (Å²) in [6, 6.07) is 8.06. The molecule has 8 heteroatoms. The summed E-state index contributed by atoms with van der Waals surface area (Å²) in [5, 5.41) is 11.8. The van der Waals surface area contributed by atoms with Crippen LogP contribution < -0.4 is 5.32 Å². The maximum Gasteiger partial charge on any atom is 0.422 e. The van der Waals surface area contributed by atoms with E-state index in [1.165, 1.54) is 19.1 Å². The van der Waals surface area contributed by atoms with Gasteiger partial charge in [0, 0.05) is 12.1 Å². The second-order valence-corrected chi connectivity index (χ2v) is 4.65. The lowest BCUT2D eigenvalue weighted by Gasteiger charge is -2.19. The van der Waals surface area contributed by atoms with Crippen LogP contribution in [0, 0.1) is 5.92 Å². The van der Waals surface area contributed by atoms with Gasteiger partial charge in [0.05, 0.1) is 12.0 Å². The average molecular weight is 319 g/mol. The topological polar surface area (TPSA) is 75.6 Å². The van der Waals surface area contributed by atoms with Crippen molar-refractivity contribution < 1.29 is 32.6 Å². The molecule has 2 N–H and O–H groups in total. The van der Waals surface area contributed by atoms with E-state index in [0.717, 1.165) is 0 Å². The number of carbonyl (C=O) groups is 2. The number of esters is 1. The zero-order valence-corrected chi connectivity index (χ0v) is 11.8. The summed E-state index contributed by atoms with van der Waals surface area (Å²) in [6.45, 7) is -0.835. The summed E-state index contributed by atoms with van der Waals surface area (Å²) >= 11 is 0. The predicted molar refractivity (Wildman–Crippen MR) is 71.0 cm³/mol. The van der Waals surface area contributed by atoms with Gasteiger partial charge in [-0.25, -0.2) is 0 Å². The fourth-order valence-electron chi connectivity index (χ4n) is 1.61. The first kappa shape index (κ1) is 18.0. The molecule has 1 rings (SSSR count). The second kappa shape index (κ2) is 7.79. The van der Waals surface area contributed by atoms with Crippen LogP contribution in [0.4, 0.5) is 13.2 Å². The van der Waals surface area contributed by atoms with Gasteiger partial charge in [0.2, 0.25) is 0 Å². The number of aliphatic hydroxyl groups excluding tert-OH is 1. The van der Waals surface area contributed by atoms with Crippen LogP contribution in [0.2, 0.25) is 0 Å². The lowest BCUT2D eigenvalue weighted by atomic mass is 10.0. The fraction of sp³-hybridized carbons (Fsp3) is 0.429. The van der Waals surface area contributed by atoms with Crippen molar-refractivity contribution in [1.29, 1.82) is 0 Å². The summed E-state index contributed by atoms with van der Waals surface area (Å²) in [5.41, 5.74) is 0.329. The average Bonchev–Trinajstić information content (AvgIpc) is 2.45. The van der Waals surface area contributed by atoms with Gasteiger partial charge in [-0.15, -0.1) is 0 Å². The van der Waals surface area contributed by atoms with E-state index in [1.54, 1.807) is 18.2 Å². The number of alkyl halides is 3. The summed E-state index contributed by atoms with van der Waals surface area (Å²) in [7, 11) is 0. The van der Waals surface area contributed by atoms with Gasteiger partial charge in [-0.2, -0.15) is 13.2 Å². The molecule has 122 valence electrons. The molecule has 22 heavy (non-hydrogen) atoms. The Morgan fingerprint density at radius 1 is 1.27 bits per heavy atom. The van der Waals surface area contributed by atoms with Crippen molar-refractivity contribution in [2.75, 3.05) is 13.2 Å². The van der Waals surface area contributed by atoms with E-state index in [9.17, 15) is 27.9 Å². The summed E-state index contributed by atoms with van der Waals surface area (Å²) in [4.78, 5) is 23.3. The molecule has 0 spiro atoms. The Morgan fingerprint density at radius 3 is 2.36 bits per heavy atom. The minimum atomic E-state index is -4.65. The number of aliphatic hydroxyl groups is 1. The number of halogens is 3. The predicted octanol–water partition coefficient (Wildman–Crippen LogP) is 1.52. The highest BCUT2D eigenvalue weighted by Crippen LogP contribution is 2.16. The highest BCUT2D eigenvalue weighted by Gasteiger charge is 2.33. The summed E-state index contributed by atoms with van der Waals surface area (Å²) in [6.07, 6.45) is -5.91. The first-order valence-electron chi connectivity index (χ1n) is 6.45. The molecule has 0 saturated carbocycles. The zero-order chi connectivity index (χ0) is 16.8. The molecule has 0 fully saturated rings. The molecule has 1 amide bonds. The lowest BCUT2D eigenvalue weighted by Crippen LogP contribution is -2.40. The number of rotatable bonds is 6. The minimum absolute atomic E-state index is 0.329. The number of hydrogen-bond acceptors (Lipinski definition) is 4. The largest absolute Gasteiger partial charge is 0.456 e. The van der Waals surface area contributed by atoms with Crippen molar-refractivity contribution in [1.82, 2.24) is 5.32 Å². The molecule has 0 aliphatic heterocycles. The van der Waals surface area contributed by atoms with Gasteiger partial charge >= 0.3 is 12.1 Å². The van der Waals surface area contributed by atoms with Crippen molar-refractivity contribution in [2.45, 2.75) is 19.2 Å². The standard InChI is InChI=1S/C14H16F3NO4/c1-9(19)11(13(21)22-8-14(15,16)17)7-18-12(20)10-5-3-2-4-6-10/h2-6,9,11,19H,7-8H2,1H3,(H,18,20)/t9-,11+/m0/s1. The first-order valence-corrected chi connectivity index (χ1v) is 6.45. The van der Waals surface area contributed by atoms with Crippen molar-refractivity contribution >= 4 is 11.9 Å². The molecule has 5 nitrogen and oxygen atoms in total. The molecular weight excluding hydrogens is 303 g/mol. The highest BCUT2D eigenvalue weighted by atomic mass is 19.4. The monoisotopic (exact) mass is 319 g/mol. The molecule has 0 aromatic heterocycles. The lowest BCUT2D eigenvalue weighted by molar-refractivity contribution is -0.191. The van der Waals surface area contributed by atoms with Crippen LogP contribution in [0.3, 0.4) is 0 Å². The Hall–Kier alpha value is -2.09. The Bertz CT molecular complexity index is 503.